The third-order valence-electron chi connectivity index (χ3n) is 3.34. The maximum atomic E-state index is 11.0. The van der Waals surface area contributed by atoms with Gasteiger partial charge >= 0.3 is 5.97 Å². The van der Waals surface area contributed by atoms with E-state index in [4.69, 9.17) is 5.11 Å². The van der Waals surface area contributed by atoms with Crippen LogP contribution < -0.4 is 10.6 Å². The molecular weight excluding hydrogens is 216 g/mol. The number of rotatable bonds is 4. The molecule has 0 bridgehead atoms. The summed E-state index contributed by atoms with van der Waals surface area (Å²) in [5, 5.41) is 15.2. The number of carboxylic acid groups (broad SMARTS) is 1. The van der Waals surface area contributed by atoms with Crippen molar-refractivity contribution in [3.05, 3.63) is 35.4 Å². The highest BCUT2D eigenvalue weighted by Crippen LogP contribution is 2.24. The van der Waals surface area contributed by atoms with Gasteiger partial charge in [-0.05, 0) is 37.1 Å². The van der Waals surface area contributed by atoms with E-state index in [0.717, 1.165) is 25.1 Å². The molecule has 0 amide bonds. The van der Waals surface area contributed by atoms with Crippen LogP contribution in [0.1, 0.15) is 29.5 Å². The quantitative estimate of drug-likeness (QED) is 0.730. The molecule has 17 heavy (non-hydrogen) atoms. The van der Waals surface area contributed by atoms with Crippen LogP contribution in [0.5, 0.6) is 0 Å². The summed E-state index contributed by atoms with van der Waals surface area (Å²) < 4.78 is 0. The van der Waals surface area contributed by atoms with E-state index in [0.29, 0.717) is 5.92 Å². The third kappa shape index (κ3) is 2.65. The van der Waals surface area contributed by atoms with Gasteiger partial charge in [0.05, 0.1) is 0 Å². The molecule has 0 radical (unpaired) electrons. The fourth-order valence-electron chi connectivity index (χ4n) is 2.33. The molecule has 2 unspecified atom stereocenters. The van der Waals surface area contributed by atoms with Crippen LogP contribution in [0.3, 0.4) is 0 Å². The van der Waals surface area contributed by atoms with Gasteiger partial charge in [-0.15, -0.1) is 0 Å². The van der Waals surface area contributed by atoms with Crippen molar-refractivity contribution in [1.82, 2.24) is 10.6 Å². The van der Waals surface area contributed by atoms with E-state index in [9.17, 15) is 4.79 Å². The summed E-state index contributed by atoms with van der Waals surface area (Å²) >= 11 is 0. The number of aliphatic carboxylic acids is 1. The fourth-order valence-corrected chi connectivity index (χ4v) is 2.33. The number of hydrogen-bond donors (Lipinski definition) is 3. The van der Waals surface area contributed by atoms with Crippen LogP contribution in [0.2, 0.25) is 0 Å². The Kier molecular flexibility index (Phi) is 3.76. The number of hydrogen-bond acceptors (Lipinski definition) is 3. The Bertz CT molecular complexity index is 383. The minimum absolute atomic E-state index is 0.571. The minimum Gasteiger partial charge on any atom is -0.480 e. The Hall–Kier alpha value is -1.39. The average Bonchev–Trinajstić information content (AvgIpc) is 2.84. The van der Waals surface area contributed by atoms with E-state index in [1.807, 2.05) is 24.3 Å². The van der Waals surface area contributed by atoms with Crippen molar-refractivity contribution in [3.8, 4) is 0 Å². The van der Waals surface area contributed by atoms with E-state index in [2.05, 4.69) is 10.6 Å². The smallest absolute Gasteiger partial charge is 0.325 e. The first-order chi connectivity index (χ1) is 8.22. The van der Waals surface area contributed by atoms with E-state index in [1.54, 1.807) is 7.05 Å². The monoisotopic (exact) mass is 234 g/mol. The Morgan fingerprint density at radius 3 is 2.65 bits per heavy atom. The second-order valence-electron chi connectivity index (χ2n) is 4.42. The molecule has 1 heterocycles. The molecule has 0 spiro atoms. The number of carboxylic acids is 1. The van der Waals surface area contributed by atoms with Crippen LogP contribution in [0.4, 0.5) is 0 Å². The number of benzene rings is 1. The zero-order valence-electron chi connectivity index (χ0n) is 9.94. The fraction of sp³-hybridized carbons (Fsp3) is 0.462. The van der Waals surface area contributed by atoms with E-state index in [1.165, 1.54) is 5.56 Å². The molecule has 0 saturated carbocycles. The van der Waals surface area contributed by atoms with E-state index in [-0.39, 0.29) is 0 Å². The zero-order chi connectivity index (χ0) is 12.3. The predicted molar refractivity (Wildman–Crippen MR) is 66.1 cm³/mol. The molecule has 1 saturated heterocycles. The highest BCUT2D eigenvalue weighted by Gasteiger charge is 2.19. The van der Waals surface area contributed by atoms with Gasteiger partial charge in [0.15, 0.2) is 0 Å². The molecular formula is C13H18N2O2. The van der Waals surface area contributed by atoms with Gasteiger partial charge in [-0.1, -0.05) is 24.3 Å². The average molecular weight is 234 g/mol. The predicted octanol–water partition coefficient (Wildman–Crippen LogP) is 1.11. The lowest BCUT2D eigenvalue weighted by Gasteiger charge is -2.14. The molecule has 0 aliphatic carbocycles. The summed E-state index contributed by atoms with van der Waals surface area (Å²) in [5.74, 6) is -0.273. The molecule has 1 aliphatic rings. The Morgan fingerprint density at radius 1 is 1.47 bits per heavy atom. The number of nitrogens with one attached hydrogen (secondary N) is 2. The highest BCUT2D eigenvalue weighted by molar-refractivity contribution is 5.75. The molecule has 2 atom stereocenters. The highest BCUT2D eigenvalue weighted by atomic mass is 16.4. The van der Waals surface area contributed by atoms with Crippen LogP contribution in [0, 0.1) is 0 Å². The molecule has 1 fully saturated rings. The maximum absolute atomic E-state index is 11.0. The van der Waals surface area contributed by atoms with Crippen LogP contribution >= 0.6 is 0 Å². The topological polar surface area (TPSA) is 61.4 Å². The lowest BCUT2D eigenvalue weighted by Crippen LogP contribution is -2.24. The van der Waals surface area contributed by atoms with Crippen LogP contribution in [-0.2, 0) is 4.79 Å². The minimum atomic E-state index is -0.845. The Morgan fingerprint density at radius 2 is 2.18 bits per heavy atom. The van der Waals surface area contributed by atoms with Crippen LogP contribution in [0.25, 0.3) is 0 Å². The van der Waals surface area contributed by atoms with Crippen molar-refractivity contribution < 1.29 is 9.90 Å². The van der Waals surface area contributed by atoms with Gasteiger partial charge in [0.2, 0.25) is 0 Å². The van der Waals surface area contributed by atoms with Crippen molar-refractivity contribution in [3.63, 3.8) is 0 Å². The molecule has 1 aromatic rings. The first-order valence-electron chi connectivity index (χ1n) is 5.93. The lowest BCUT2D eigenvalue weighted by atomic mass is 9.96. The zero-order valence-corrected chi connectivity index (χ0v) is 9.94. The number of likely N-dealkylation sites (N-methyl/N-ethyl adjacent to an activating group) is 1. The molecule has 1 aliphatic heterocycles. The van der Waals surface area contributed by atoms with Crippen molar-refractivity contribution >= 4 is 5.97 Å². The van der Waals surface area contributed by atoms with Gasteiger partial charge < -0.3 is 15.7 Å². The molecule has 92 valence electrons. The lowest BCUT2D eigenvalue weighted by molar-refractivity contribution is -0.139. The summed E-state index contributed by atoms with van der Waals surface area (Å²) in [6.07, 6.45) is 1.16. The van der Waals surface area contributed by atoms with Crippen molar-refractivity contribution in [1.29, 1.82) is 0 Å². The van der Waals surface area contributed by atoms with Crippen molar-refractivity contribution in [2.75, 3.05) is 20.1 Å². The van der Waals surface area contributed by atoms with Gasteiger partial charge in [0, 0.05) is 6.54 Å². The second kappa shape index (κ2) is 5.29. The first kappa shape index (κ1) is 12.1. The van der Waals surface area contributed by atoms with Gasteiger partial charge in [0.25, 0.3) is 0 Å². The first-order valence-corrected chi connectivity index (χ1v) is 5.93. The molecule has 0 aromatic heterocycles. The molecule has 3 N–H and O–H groups in total. The van der Waals surface area contributed by atoms with Crippen LogP contribution in [-0.4, -0.2) is 31.2 Å². The van der Waals surface area contributed by atoms with Gasteiger partial charge in [-0.25, -0.2) is 0 Å². The van der Waals surface area contributed by atoms with E-state index < -0.39 is 12.0 Å². The van der Waals surface area contributed by atoms with Crippen molar-refractivity contribution in [2.24, 2.45) is 0 Å². The third-order valence-corrected chi connectivity index (χ3v) is 3.34. The molecule has 4 nitrogen and oxygen atoms in total. The number of carbonyl (C=O) groups is 1. The van der Waals surface area contributed by atoms with Gasteiger partial charge in [0.1, 0.15) is 6.04 Å². The second-order valence-corrected chi connectivity index (χ2v) is 4.42. The maximum Gasteiger partial charge on any atom is 0.325 e. The molecule has 4 heteroatoms. The Labute approximate surface area is 101 Å². The normalized spacial score (nSPS) is 21.4. The molecule has 2 rings (SSSR count). The van der Waals surface area contributed by atoms with Gasteiger partial charge in [-0.2, -0.15) is 0 Å². The summed E-state index contributed by atoms with van der Waals surface area (Å²) in [6, 6.07) is 7.28. The van der Waals surface area contributed by atoms with Crippen LogP contribution in [0.15, 0.2) is 24.3 Å². The molecule has 1 aromatic carbocycles. The van der Waals surface area contributed by atoms with Crippen molar-refractivity contribution in [2.45, 2.75) is 18.4 Å². The Balaban J connectivity index is 2.14. The summed E-state index contributed by atoms with van der Waals surface area (Å²) in [7, 11) is 1.66. The standard InChI is InChI=1S/C13H18N2O2/c1-14-12(13(16)17)10-4-2-9(3-5-10)11-6-7-15-8-11/h2-5,11-12,14-15H,6-8H2,1H3,(H,16,17). The van der Waals surface area contributed by atoms with Gasteiger partial charge in [-0.3, -0.25) is 4.79 Å². The largest absolute Gasteiger partial charge is 0.480 e. The summed E-state index contributed by atoms with van der Waals surface area (Å²) in [5.41, 5.74) is 2.09. The summed E-state index contributed by atoms with van der Waals surface area (Å²) in [4.78, 5) is 11.0. The summed E-state index contributed by atoms with van der Waals surface area (Å²) in [6.45, 7) is 2.09. The SMILES string of the molecule is CNC(C(=O)O)c1ccc(C2CCNC2)cc1. The van der Waals surface area contributed by atoms with E-state index >= 15 is 0 Å².